The van der Waals surface area contributed by atoms with E-state index in [-0.39, 0.29) is 17.4 Å². The second-order valence-electron chi connectivity index (χ2n) is 5.82. The molecular weight excluding hydrogens is 341 g/mol. The molecule has 3 rings (SSSR count). The van der Waals surface area contributed by atoms with Gasteiger partial charge in [0.25, 0.3) is 5.91 Å². The van der Waals surface area contributed by atoms with E-state index in [2.05, 4.69) is 21.2 Å². The highest BCUT2D eigenvalue weighted by Gasteiger charge is 2.51. The van der Waals surface area contributed by atoms with Crippen LogP contribution in [0.25, 0.3) is 0 Å². The fourth-order valence-electron chi connectivity index (χ4n) is 3.76. The van der Waals surface area contributed by atoms with Crippen molar-refractivity contribution < 1.29 is 19.1 Å². The van der Waals surface area contributed by atoms with Crippen molar-refractivity contribution in [1.29, 1.82) is 0 Å². The van der Waals surface area contributed by atoms with Crippen molar-refractivity contribution >= 4 is 27.8 Å². The lowest BCUT2D eigenvalue weighted by Crippen LogP contribution is -2.47. The zero-order valence-electron chi connectivity index (χ0n) is 11.2. The molecule has 2 N–H and O–H groups in total. The summed E-state index contributed by atoms with van der Waals surface area (Å²) in [5.74, 6) is -2.25. The molecule has 1 aromatic rings. The Bertz CT molecular complexity index is 607. The molecule has 2 saturated carbocycles. The summed E-state index contributed by atoms with van der Waals surface area (Å²) in [5.41, 5.74) is -0.0508. The quantitative estimate of drug-likeness (QED) is 0.875. The van der Waals surface area contributed by atoms with Crippen molar-refractivity contribution in [1.82, 2.24) is 5.32 Å². The second kappa shape index (κ2) is 5.40. The van der Waals surface area contributed by atoms with Crippen LogP contribution in [0.5, 0.6) is 0 Å². The maximum absolute atomic E-state index is 13.8. The number of hydrogen-bond donors (Lipinski definition) is 2. The van der Waals surface area contributed by atoms with Crippen LogP contribution < -0.4 is 5.32 Å². The highest BCUT2D eigenvalue weighted by molar-refractivity contribution is 9.10. The van der Waals surface area contributed by atoms with E-state index in [4.69, 9.17) is 0 Å². The standard InChI is InChI=1S/C15H15BrFNO3/c16-9-3-4-10(11(17)6-9)14(19)18-13-8-2-1-7(5-8)12(13)15(20)21/h3-4,6-8,12-13H,1-2,5H2,(H,18,19)(H,20,21). The Labute approximate surface area is 129 Å². The van der Waals surface area contributed by atoms with Gasteiger partial charge in [-0.1, -0.05) is 15.9 Å². The van der Waals surface area contributed by atoms with E-state index >= 15 is 0 Å². The molecule has 1 amide bonds. The second-order valence-corrected chi connectivity index (χ2v) is 6.74. The first-order valence-corrected chi connectivity index (χ1v) is 7.75. The molecule has 4 unspecified atom stereocenters. The molecule has 21 heavy (non-hydrogen) atoms. The van der Waals surface area contributed by atoms with Gasteiger partial charge >= 0.3 is 5.97 Å². The van der Waals surface area contributed by atoms with E-state index in [9.17, 15) is 19.1 Å². The molecule has 0 aliphatic heterocycles. The molecule has 0 spiro atoms. The Morgan fingerprint density at radius 3 is 2.67 bits per heavy atom. The van der Waals surface area contributed by atoms with E-state index < -0.39 is 29.7 Å². The van der Waals surface area contributed by atoms with Gasteiger partial charge in [-0.05, 0) is 49.3 Å². The fraction of sp³-hybridized carbons (Fsp3) is 0.467. The smallest absolute Gasteiger partial charge is 0.308 e. The van der Waals surface area contributed by atoms with Crippen molar-refractivity contribution in [2.75, 3.05) is 0 Å². The summed E-state index contributed by atoms with van der Waals surface area (Å²) in [6, 6.07) is 3.83. The first kappa shape index (κ1) is 14.5. The maximum atomic E-state index is 13.8. The molecule has 0 heterocycles. The molecule has 0 aromatic heterocycles. The maximum Gasteiger partial charge on any atom is 0.308 e. The number of halogens is 2. The zero-order valence-corrected chi connectivity index (χ0v) is 12.8. The van der Waals surface area contributed by atoms with Crippen molar-refractivity contribution in [3.63, 3.8) is 0 Å². The molecule has 2 aliphatic carbocycles. The predicted octanol–water partition coefficient (Wildman–Crippen LogP) is 2.82. The van der Waals surface area contributed by atoms with Crippen LogP contribution in [-0.2, 0) is 4.79 Å². The molecule has 0 saturated heterocycles. The van der Waals surface area contributed by atoms with Gasteiger partial charge in [-0.2, -0.15) is 0 Å². The summed E-state index contributed by atoms with van der Waals surface area (Å²) in [6.45, 7) is 0. The van der Waals surface area contributed by atoms with Gasteiger partial charge in [-0.3, -0.25) is 9.59 Å². The first-order valence-electron chi connectivity index (χ1n) is 6.96. The van der Waals surface area contributed by atoms with Crippen molar-refractivity contribution in [2.24, 2.45) is 17.8 Å². The Morgan fingerprint density at radius 2 is 2.00 bits per heavy atom. The highest BCUT2D eigenvalue weighted by Crippen LogP contribution is 2.48. The van der Waals surface area contributed by atoms with Gasteiger partial charge < -0.3 is 10.4 Å². The molecule has 2 bridgehead atoms. The monoisotopic (exact) mass is 355 g/mol. The van der Waals surface area contributed by atoms with Crippen LogP contribution in [0, 0.1) is 23.6 Å². The van der Waals surface area contributed by atoms with Gasteiger partial charge in [0.15, 0.2) is 0 Å². The Hall–Kier alpha value is -1.43. The largest absolute Gasteiger partial charge is 0.481 e. The van der Waals surface area contributed by atoms with Crippen LogP contribution in [0.3, 0.4) is 0 Å². The molecule has 4 atom stereocenters. The number of carbonyl (C=O) groups is 2. The number of carboxylic acid groups (broad SMARTS) is 1. The Kier molecular flexibility index (Phi) is 3.73. The minimum atomic E-state index is -0.872. The van der Waals surface area contributed by atoms with Gasteiger partial charge in [-0.15, -0.1) is 0 Å². The lowest BCUT2D eigenvalue weighted by atomic mass is 9.84. The van der Waals surface area contributed by atoms with E-state index in [1.165, 1.54) is 12.1 Å². The van der Waals surface area contributed by atoms with Gasteiger partial charge in [0.2, 0.25) is 0 Å². The van der Waals surface area contributed by atoms with Gasteiger partial charge in [0, 0.05) is 10.5 Å². The van der Waals surface area contributed by atoms with Crippen LogP contribution in [0.2, 0.25) is 0 Å². The van der Waals surface area contributed by atoms with Crippen LogP contribution in [-0.4, -0.2) is 23.0 Å². The van der Waals surface area contributed by atoms with E-state index in [0.717, 1.165) is 19.3 Å². The Morgan fingerprint density at radius 1 is 1.29 bits per heavy atom. The number of hydrogen-bond acceptors (Lipinski definition) is 2. The molecule has 4 nitrogen and oxygen atoms in total. The topological polar surface area (TPSA) is 66.4 Å². The summed E-state index contributed by atoms with van der Waals surface area (Å²) in [5, 5.41) is 12.1. The third-order valence-electron chi connectivity index (χ3n) is 4.68. The van der Waals surface area contributed by atoms with E-state index in [1.54, 1.807) is 6.07 Å². The van der Waals surface area contributed by atoms with Crippen LogP contribution in [0.1, 0.15) is 29.6 Å². The molecule has 112 valence electrons. The SMILES string of the molecule is O=C(NC1C2CCC(C2)C1C(=O)O)c1ccc(Br)cc1F. The molecular formula is C15H15BrFNO3. The molecule has 2 fully saturated rings. The molecule has 2 aliphatic rings. The van der Waals surface area contributed by atoms with Crippen LogP contribution in [0.4, 0.5) is 4.39 Å². The normalized spacial score (nSPS) is 30.4. The zero-order chi connectivity index (χ0) is 15.1. The number of amides is 1. The summed E-state index contributed by atoms with van der Waals surface area (Å²) in [6.07, 6.45) is 2.67. The average Bonchev–Trinajstić information content (AvgIpc) is 2.98. The lowest BCUT2D eigenvalue weighted by molar-refractivity contribution is -0.144. The number of benzene rings is 1. The average molecular weight is 356 g/mol. The summed E-state index contributed by atoms with van der Waals surface area (Å²) < 4.78 is 14.4. The fourth-order valence-corrected chi connectivity index (χ4v) is 4.09. The minimum absolute atomic E-state index is 0.0508. The number of nitrogens with one attached hydrogen (secondary N) is 1. The van der Waals surface area contributed by atoms with Crippen LogP contribution >= 0.6 is 15.9 Å². The van der Waals surface area contributed by atoms with E-state index in [1.807, 2.05) is 0 Å². The third-order valence-corrected chi connectivity index (χ3v) is 5.17. The first-order chi connectivity index (χ1) is 9.97. The number of fused-ring (bicyclic) bond motifs is 2. The number of rotatable bonds is 3. The number of carbonyl (C=O) groups excluding carboxylic acids is 1. The highest BCUT2D eigenvalue weighted by atomic mass is 79.9. The van der Waals surface area contributed by atoms with Crippen LogP contribution in [0.15, 0.2) is 22.7 Å². The molecule has 0 radical (unpaired) electrons. The van der Waals surface area contributed by atoms with Crippen molar-refractivity contribution in [3.05, 3.63) is 34.1 Å². The number of aliphatic carboxylic acids is 1. The predicted molar refractivity (Wildman–Crippen MR) is 77.3 cm³/mol. The summed E-state index contributed by atoms with van der Waals surface area (Å²) in [4.78, 5) is 23.6. The molecule has 1 aromatic carbocycles. The van der Waals surface area contributed by atoms with Gasteiger partial charge in [0.1, 0.15) is 5.82 Å². The van der Waals surface area contributed by atoms with Gasteiger partial charge in [0.05, 0.1) is 11.5 Å². The van der Waals surface area contributed by atoms with Crippen molar-refractivity contribution in [2.45, 2.75) is 25.3 Å². The Balaban J connectivity index is 1.79. The lowest BCUT2D eigenvalue weighted by Gasteiger charge is -2.28. The third kappa shape index (κ3) is 2.57. The summed E-state index contributed by atoms with van der Waals surface area (Å²) in [7, 11) is 0. The minimum Gasteiger partial charge on any atom is -0.481 e. The molecule has 6 heteroatoms. The van der Waals surface area contributed by atoms with Crippen molar-refractivity contribution in [3.8, 4) is 0 Å². The van der Waals surface area contributed by atoms with Gasteiger partial charge in [-0.25, -0.2) is 4.39 Å². The summed E-state index contributed by atoms with van der Waals surface area (Å²) >= 11 is 3.14. The number of carboxylic acids is 1. The van der Waals surface area contributed by atoms with E-state index in [0.29, 0.717) is 4.47 Å².